The van der Waals surface area contributed by atoms with E-state index in [2.05, 4.69) is 5.32 Å². The summed E-state index contributed by atoms with van der Waals surface area (Å²) in [7, 11) is 1.71. The molecule has 0 atom stereocenters. The Morgan fingerprint density at radius 1 is 1.24 bits per heavy atom. The molecule has 0 spiro atoms. The maximum absolute atomic E-state index is 11.7. The number of nitrogens with zero attached hydrogens (tertiary/aromatic N) is 1. The van der Waals surface area contributed by atoms with Crippen LogP contribution in [0.3, 0.4) is 0 Å². The van der Waals surface area contributed by atoms with Gasteiger partial charge in [0.15, 0.2) is 0 Å². The zero-order valence-electron chi connectivity index (χ0n) is 12.5. The van der Waals surface area contributed by atoms with E-state index in [9.17, 15) is 4.79 Å². The van der Waals surface area contributed by atoms with Crippen molar-refractivity contribution < 1.29 is 19.4 Å². The Balaban J connectivity index is 2.06. The van der Waals surface area contributed by atoms with Crippen LogP contribution in [-0.2, 0) is 16.1 Å². The highest BCUT2D eigenvalue weighted by atomic mass is 16.6. The molecule has 0 saturated heterocycles. The molecule has 0 aliphatic heterocycles. The van der Waals surface area contributed by atoms with Crippen molar-refractivity contribution in [3.8, 4) is 0 Å². The number of nitrogens with one attached hydrogen (secondary N) is 1. The third-order valence-electron chi connectivity index (χ3n) is 2.80. The van der Waals surface area contributed by atoms with E-state index in [1.54, 1.807) is 7.05 Å². The molecule has 0 aliphatic carbocycles. The quantitative estimate of drug-likeness (QED) is 0.627. The fraction of sp³-hybridized carbons (Fsp3) is 0.533. The van der Waals surface area contributed by atoms with Crippen molar-refractivity contribution >= 4 is 6.09 Å². The SMILES string of the molecule is CN(CCNCCOCCO)C(=O)OCc1ccccc1. The van der Waals surface area contributed by atoms with Crippen molar-refractivity contribution in [1.82, 2.24) is 10.2 Å². The number of amides is 1. The molecule has 6 heteroatoms. The first kappa shape index (κ1) is 17.4. The van der Waals surface area contributed by atoms with Gasteiger partial charge in [-0.1, -0.05) is 30.3 Å². The summed E-state index contributed by atoms with van der Waals surface area (Å²) < 4.78 is 10.3. The van der Waals surface area contributed by atoms with Crippen LogP contribution in [0.1, 0.15) is 5.56 Å². The van der Waals surface area contributed by atoms with Gasteiger partial charge >= 0.3 is 6.09 Å². The highest BCUT2D eigenvalue weighted by molar-refractivity contribution is 5.67. The van der Waals surface area contributed by atoms with Crippen molar-refractivity contribution in [3.63, 3.8) is 0 Å². The van der Waals surface area contributed by atoms with Gasteiger partial charge in [0.1, 0.15) is 6.61 Å². The van der Waals surface area contributed by atoms with Crippen LogP contribution in [0.25, 0.3) is 0 Å². The number of rotatable bonds is 10. The van der Waals surface area contributed by atoms with E-state index in [0.717, 1.165) is 5.56 Å². The normalized spacial score (nSPS) is 10.4. The molecule has 0 fully saturated rings. The van der Waals surface area contributed by atoms with E-state index in [0.29, 0.717) is 32.8 Å². The van der Waals surface area contributed by atoms with Crippen molar-refractivity contribution in [1.29, 1.82) is 0 Å². The lowest BCUT2D eigenvalue weighted by Gasteiger charge is -2.17. The van der Waals surface area contributed by atoms with Crippen LogP contribution in [0.15, 0.2) is 30.3 Å². The van der Waals surface area contributed by atoms with E-state index < -0.39 is 0 Å². The first-order chi connectivity index (χ1) is 10.2. The predicted molar refractivity (Wildman–Crippen MR) is 80.0 cm³/mol. The van der Waals surface area contributed by atoms with Crippen LogP contribution < -0.4 is 5.32 Å². The van der Waals surface area contributed by atoms with E-state index in [1.165, 1.54) is 4.90 Å². The van der Waals surface area contributed by atoms with Gasteiger partial charge in [0, 0.05) is 26.7 Å². The molecule has 0 aromatic heterocycles. The lowest BCUT2D eigenvalue weighted by Crippen LogP contribution is -2.35. The van der Waals surface area contributed by atoms with Crippen LogP contribution in [0.5, 0.6) is 0 Å². The average molecular weight is 296 g/mol. The Morgan fingerprint density at radius 3 is 2.71 bits per heavy atom. The summed E-state index contributed by atoms with van der Waals surface area (Å²) in [6.07, 6.45) is -0.336. The number of likely N-dealkylation sites (N-methyl/N-ethyl adjacent to an activating group) is 1. The van der Waals surface area contributed by atoms with Gasteiger partial charge < -0.3 is 24.8 Å². The molecule has 0 aliphatic rings. The number of hydrogen-bond donors (Lipinski definition) is 2. The van der Waals surface area contributed by atoms with E-state index >= 15 is 0 Å². The first-order valence-electron chi connectivity index (χ1n) is 7.05. The second kappa shape index (κ2) is 11.1. The Morgan fingerprint density at radius 2 is 2.00 bits per heavy atom. The van der Waals surface area contributed by atoms with Gasteiger partial charge in [0.05, 0.1) is 19.8 Å². The van der Waals surface area contributed by atoms with Gasteiger partial charge in [-0.25, -0.2) is 4.79 Å². The summed E-state index contributed by atoms with van der Waals surface area (Å²) in [5.74, 6) is 0. The molecule has 1 aromatic carbocycles. The van der Waals surface area contributed by atoms with E-state index in [4.69, 9.17) is 14.6 Å². The second-order valence-electron chi connectivity index (χ2n) is 4.55. The van der Waals surface area contributed by atoms with Crippen LogP contribution in [-0.4, -0.2) is 62.6 Å². The Kier molecular flexibility index (Phi) is 9.19. The lowest BCUT2D eigenvalue weighted by atomic mass is 10.2. The van der Waals surface area contributed by atoms with E-state index in [-0.39, 0.29) is 19.3 Å². The average Bonchev–Trinajstić information content (AvgIpc) is 2.52. The molecule has 1 aromatic rings. The zero-order valence-corrected chi connectivity index (χ0v) is 12.5. The highest BCUT2D eigenvalue weighted by Gasteiger charge is 2.09. The van der Waals surface area contributed by atoms with E-state index in [1.807, 2.05) is 30.3 Å². The summed E-state index contributed by atoms with van der Waals surface area (Å²) in [4.78, 5) is 13.3. The monoisotopic (exact) mass is 296 g/mol. The maximum atomic E-state index is 11.7. The number of carbonyl (C=O) groups excluding carboxylic acids is 1. The first-order valence-corrected chi connectivity index (χ1v) is 7.05. The highest BCUT2D eigenvalue weighted by Crippen LogP contribution is 2.02. The fourth-order valence-electron chi connectivity index (χ4n) is 1.60. The van der Waals surface area contributed by atoms with Gasteiger partial charge in [-0.2, -0.15) is 0 Å². The molecule has 0 heterocycles. The van der Waals surface area contributed by atoms with Gasteiger partial charge in [0.25, 0.3) is 0 Å². The fourth-order valence-corrected chi connectivity index (χ4v) is 1.60. The molecule has 21 heavy (non-hydrogen) atoms. The van der Waals surface area contributed by atoms with Crippen LogP contribution in [0.4, 0.5) is 4.79 Å². The molecular weight excluding hydrogens is 272 g/mol. The smallest absolute Gasteiger partial charge is 0.409 e. The molecule has 0 radical (unpaired) electrons. The number of benzene rings is 1. The summed E-state index contributed by atoms with van der Waals surface area (Å²) in [5.41, 5.74) is 0.971. The Bertz CT molecular complexity index is 387. The largest absolute Gasteiger partial charge is 0.445 e. The molecule has 2 N–H and O–H groups in total. The molecule has 0 unspecified atom stereocenters. The van der Waals surface area contributed by atoms with Crippen molar-refractivity contribution in [2.45, 2.75) is 6.61 Å². The number of hydrogen-bond acceptors (Lipinski definition) is 5. The molecule has 1 amide bonds. The molecule has 1 rings (SSSR count). The minimum atomic E-state index is -0.336. The van der Waals surface area contributed by atoms with Crippen molar-refractivity contribution in [3.05, 3.63) is 35.9 Å². The molecule has 6 nitrogen and oxygen atoms in total. The van der Waals surface area contributed by atoms with Crippen LogP contribution in [0, 0.1) is 0 Å². The third-order valence-corrected chi connectivity index (χ3v) is 2.80. The number of ether oxygens (including phenoxy) is 2. The second-order valence-corrected chi connectivity index (χ2v) is 4.55. The summed E-state index contributed by atoms with van der Waals surface area (Å²) in [6.45, 7) is 3.14. The standard InChI is InChI=1S/C15H24N2O4/c1-17(9-7-16-8-11-20-12-10-18)15(19)21-13-14-5-3-2-4-6-14/h2-6,16,18H,7-13H2,1H3. The lowest BCUT2D eigenvalue weighted by molar-refractivity contribution is 0.0923. The van der Waals surface area contributed by atoms with Gasteiger partial charge in [-0.05, 0) is 5.56 Å². The number of aliphatic hydroxyl groups excluding tert-OH is 1. The molecule has 0 bridgehead atoms. The molecule has 118 valence electrons. The minimum absolute atomic E-state index is 0.0377. The van der Waals surface area contributed by atoms with Crippen LogP contribution >= 0.6 is 0 Å². The topological polar surface area (TPSA) is 71.0 Å². The predicted octanol–water partition coefficient (Wildman–Crippen LogP) is 0.853. The minimum Gasteiger partial charge on any atom is -0.445 e. The Hall–Kier alpha value is -1.63. The summed E-state index contributed by atoms with van der Waals surface area (Å²) in [5, 5.41) is 11.7. The van der Waals surface area contributed by atoms with Crippen molar-refractivity contribution in [2.75, 3.05) is 46.5 Å². The maximum Gasteiger partial charge on any atom is 0.409 e. The zero-order chi connectivity index (χ0) is 15.3. The third kappa shape index (κ3) is 8.29. The van der Waals surface area contributed by atoms with Crippen molar-refractivity contribution in [2.24, 2.45) is 0 Å². The van der Waals surface area contributed by atoms with Crippen LogP contribution in [0.2, 0.25) is 0 Å². The summed E-state index contributed by atoms with van der Waals surface area (Å²) in [6, 6.07) is 9.58. The molecular formula is C15H24N2O4. The molecule has 0 saturated carbocycles. The number of aliphatic hydroxyl groups is 1. The number of carbonyl (C=O) groups is 1. The Labute approximate surface area is 125 Å². The van der Waals surface area contributed by atoms with Gasteiger partial charge in [0.2, 0.25) is 0 Å². The van der Waals surface area contributed by atoms with Gasteiger partial charge in [-0.3, -0.25) is 0 Å². The summed E-state index contributed by atoms with van der Waals surface area (Å²) >= 11 is 0. The van der Waals surface area contributed by atoms with Gasteiger partial charge in [-0.15, -0.1) is 0 Å².